The van der Waals surface area contributed by atoms with Gasteiger partial charge >= 0.3 is 10.2 Å². The Hall–Kier alpha value is -1.70. The lowest BCUT2D eigenvalue weighted by Gasteiger charge is -2.26. The quantitative estimate of drug-likeness (QED) is 0.361. The van der Waals surface area contributed by atoms with Crippen LogP contribution in [0.3, 0.4) is 0 Å². The van der Waals surface area contributed by atoms with Crippen molar-refractivity contribution in [1.82, 2.24) is 14.3 Å². The highest BCUT2D eigenvalue weighted by atomic mass is 35.5. The van der Waals surface area contributed by atoms with Crippen LogP contribution in [0.15, 0.2) is 29.4 Å². The van der Waals surface area contributed by atoms with E-state index in [0.29, 0.717) is 29.6 Å². The number of morpholine rings is 1. The van der Waals surface area contributed by atoms with E-state index >= 15 is 0 Å². The van der Waals surface area contributed by atoms with Gasteiger partial charge in [-0.1, -0.05) is 29.4 Å². The van der Waals surface area contributed by atoms with Crippen molar-refractivity contribution in [1.29, 1.82) is 0 Å². The summed E-state index contributed by atoms with van der Waals surface area (Å²) in [6.45, 7) is 2.72. The average Bonchev–Trinajstić information content (AvgIpc) is 2.73. The molecule has 2 aromatic rings. The number of halogens is 2. The average molecular weight is 492 g/mol. The molecule has 170 valence electrons. The van der Waals surface area contributed by atoms with Crippen LogP contribution >= 0.6 is 23.4 Å². The van der Waals surface area contributed by atoms with E-state index in [9.17, 15) is 17.9 Å². The molecular weight excluding hydrogens is 469 g/mol. The number of benzene rings is 1. The number of hydrogen-bond acceptors (Lipinski definition) is 8. The standard InChI is InChI=1S/C18H23ClFN5O4S2/c1-12(10-26)21-16-9-17(24-31(27,28)25-4-6-29-7-5-25)23-18(22-16)30-11-13-2-3-14(19)8-15(13)20/h2-3,8-9,12,26H,4-7,10-11H2,1H3,(H2,21,22,23,24)/t12-/m1/s1. The van der Waals surface area contributed by atoms with Gasteiger partial charge in [0.2, 0.25) is 0 Å². The van der Waals surface area contributed by atoms with E-state index in [-0.39, 0.29) is 42.5 Å². The molecule has 1 aromatic carbocycles. The minimum atomic E-state index is -3.83. The van der Waals surface area contributed by atoms with Crippen LogP contribution in [-0.2, 0) is 20.7 Å². The molecule has 1 aliphatic heterocycles. The molecule has 1 fully saturated rings. The fourth-order valence-electron chi connectivity index (χ4n) is 2.68. The molecule has 0 bridgehead atoms. The van der Waals surface area contributed by atoms with E-state index in [0.717, 1.165) is 11.8 Å². The highest BCUT2D eigenvalue weighted by Crippen LogP contribution is 2.26. The molecule has 0 unspecified atom stereocenters. The molecule has 3 rings (SSSR count). The number of nitrogens with zero attached hydrogens (tertiary/aromatic N) is 3. The fourth-order valence-corrected chi connectivity index (χ4v) is 4.81. The third-order valence-corrected chi connectivity index (χ3v) is 6.93. The lowest BCUT2D eigenvalue weighted by Crippen LogP contribution is -2.43. The molecule has 31 heavy (non-hydrogen) atoms. The van der Waals surface area contributed by atoms with Gasteiger partial charge in [-0.3, -0.25) is 4.72 Å². The highest BCUT2D eigenvalue weighted by Gasteiger charge is 2.25. The summed E-state index contributed by atoms with van der Waals surface area (Å²) in [4.78, 5) is 8.60. The number of rotatable bonds is 9. The van der Waals surface area contributed by atoms with E-state index in [1.54, 1.807) is 19.1 Å². The van der Waals surface area contributed by atoms with Crippen molar-refractivity contribution in [3.05, 3.63) is 40.7 Å². The van der Waals surface area contributed by atoms with Crippen molar-refractivity contribution >= 4 is 45.2 Å². The van der Waals surface area contributed by atoms with Crippen LogP contribution in [0.4, 0.5) is 16.0 Å². The summed E-state index contributed by atoms with van der Waals surface area (Å²) in [7, 11) is -3.83. The van der Waals surface area contributed by atoms with Gasteiger partial charge in [-0.2, -0.15) is 12.7 Å². The van der Waals surface area contributed by atoms with Gasteiger partial charge in [-0.05, 0) is 24.6 Å². The Morgan fingerprint density at radius 1 is 1.29 bits per heavy atom. The van der Waals surface area contributed by atoms with Crippen LogP contribution in [-0.4, -0.2) is 66.7 Å². The predicted molar refractivity (Wildman–Crippen MR) is 118 cm³/mol. The molecule has 0 radical (unpaired) electrons. The summed E-state index contributed by atoms with van der Waals surface area (Å²) >= 11 is 6.93. The number of aromatic nitrogens is 2. The molecule has 0 saturated carbocycles. The van der Waals surface area contributed by atoms with Gasteiger partial charge in [0.25, 0.3) is 0 Å². The number of thioether (sulfide) groups is 1. The first-order chi connectivity index (χ1) is 14.8. The Kier molecular flexibility index (Phi) is 8.30. The monoisotopic (exact) mass is 491 g/mol. The SMILES string of the molecule is C[C@H](CO)Nc1cc(NS(=O)(=O)N2CCOCC2)nc(SCc2ccc(Cl)cc2F)n1. The van der Waals surface area contributed by atoms with Crippen LogP contribution in [0.5, 0.6) is 0 Å². The van der Waals surface area contributed by atoms with E-state index in [4.69, 9.17) is 16.3 Å². The second-order valence-electron chi connectivity index (χ2n) is 6.79. The summed E-state index contributed by atoms with van der Waals surface area (Å²) in [5, 5.41) is 12.8. The molecule has 13 heteroatoms. The topological polar surface area (TPSA) is 117 Å². The van der Waals surface area contributed by atoms with Crippen LogP contribution < -0.4 is 10.0 Å². The first kappa shape index (κ1) is 24.0. The summed E-state index contributed by atoms with van der Waals surface area (Å²) < 4.78 is 48.4. The second kappa shape index (κ2) is 10.7. The Morgan fingerprint density at radius 2 is 2.00 bits per heavy atom. The third-order valence-electron chi connectivity index (χ3n) is 4.29. The minimum absolute atomic E-state index is 0.0632. The van der Waals surface area contributed by atoms with Crippen molar-refractivity contribution in [2.75, 3.05) is 42.9 Å². The van der Waals surface area contributed by atoms with Gasteiger partial charge in [0.1, 0.15) is 17.5 Å². The van der Waals surface area contributed by atoms with Crippen molar-refractivity contribution in [2.24, 2.45) is 0 Å². The van der Waals surface area contributed by atoms with Crippen LogP contribution in [0.25, 0.3) is 0 Å². The first-order valence-electron chi connectivity index (χ1n) is 9.45. The Bertz CT molecular complexity index is 1010. The van der Waals surface area contributed by atoms with E-state index in [1.807, 2.05) is 0 Å². The smallest absolute Gasteiger partial charge is 0.302 e. The van der Waals surface area contributed by atoms with Gasteiger partial charge in [-0.15, -0.1) is 0 Å². The van der Waals surface area contributed by atoms with E-state index < -0.39 is 16.0 Å². The molecule has 1 aliphatic rings. The number of nitrogens with one attached hydrogen (secondary N) is 2. The summed E-state index contributed by atoms with van der Waals surface area (Å²) in [5.41, 5.74) is 0.413. The number of hydrogen-bond donors (Lipinski definition) is 3. The van der Waals surface area contributed by atoms with Gasteiger partial charge < -0.3 is 15.2 Å². The summed E-state index contributed by atoms with van der Waals surface area (Å²) in [6.07, 6.45) is 0. The molecule has 2 heterocycles. The maximum absolute atomic E-state index is 14.1. The summed E-state index contributed by atoms with van der Waals surface area (Å²) in [6, 6.07) is 5.51. The zero-order valence-corrected chi connectivity index (χ0v) is 19.1. The normalized spacial score (nSPS) is 16.1. The molecule has 0 amide bonds. The molecule has 3 N–H and O–H groups in total. The molecule has 9 nitrogen and oxygen atoms in total. The number of aliphatic hydroxyl groups is 1. The Balaban J connectivity index is 1.81. The number of ether oxygens (including phenoxy) is 1. The van der Waals surface area contributed by atoms with Crippen molar-refractivity contribution in [3.63, 3.8) is 0 Å². The minimum Gasteiger partial charge on any atom is -0.394 e. The molecule has 0 spiro atoms. The van der Waals surface area contributed by atoms with Crippen molar-refractivity contribution in [3.8, 4) is 0 Å². The maximum Gasteiger partial charge on any atom is 0.302 e. The van der Waals surface area contributed by atoms with E-state index in [2.05, 4.69) is 20.0 Å². The molecule has 1 aromatic heterocycles. The third kappa shape index (κ3) is 6.89. The lowest BCUT2D eigenvalue weighted by atomic mass is 10.2. The van der Waals surface area contributed by atoms with Crippen molar-refractivity contribution < 1.29 is 22.7 Å². The zero-order valence-electron chi connectivity index (χ0n) is 16.7. The van der Waals surface area contributed by atoms with Gasteiger partial charge in [0.15, 0.2) is 5.16 Å². The van der Waals surface area contributed by atoms with Crippen LogP contribution in [0.2, 0.25) is 5.02 Å². The zero-order chi connectivity index (χ0) is 22.4. The van der Waals surface area contributed by atoms with Crippen LogP contribution in [0, 0.1) is 5.82 Å². The first-order valence-corrected chi connectivity index (χ1v) is 12.3. The van der Waals surface area contributed by atoms with Crippen molar-refractivity contribution in [2.45, 2.75) is 23.9 Å². The molecule has 1 atom stereocenters. The number of anilines is 2. The Morgan fingerprint density at radius 3 is 2.68 bits per heavy atom. The van der Waals surface area contributed by atoms with E-state index in [1.165, 1.54) is 16.4 Å². The molecular formula is C18H23ClFN5O4S2. The highest BCUT2D eigenvalue weighted by molar-refractivity contribution is 7.98. The predicted octanol–water partition coefficient (Wildman–Crippen LogP) is 2.34. The van der Waals surface area contributed by atoms with Gasteiger partial charge in [-0.25, -0.2) is 14.4 Å². The fraction of sp³-hybridized carbons (Fsp3) is 0.444. The Labute approximate surface area is 189 Å². The maximum atomic E-state index is 14.1. The molecule has 1 saturated heterocycles. The van der Waals surface area contributed by atoms with Gasteiger partial charge in [0.05, 0.1) is 19.8 Å². The number of aliphatic hydroxyl groups excluding tert-OH is 1. The molecule has 0 aliphatic carbocycles. The van der Waals surface area contributed by atoms with Crippen LogP contribution in [0.1, 0.15) is 12.5 Å². The van der Waals surface area contributed by atoms with Gasteiger partial charge in [0, 0.05) is 36.0 Å². The largest absolute Gasteiger partial charge is 0.394 e. The second-order valence-corrected chi connectivity index (χ2v) is 9.84. The summed E-state index contributed by atoms with van der Waals surface area (Å²) in [5.74, 6) is 0.164. The lowest BCUT2D eigenvalue weighted by molar-refractivity contribution is 0.0733.